The van der Waals surface area contributed by atoms with Gasteiger partial charge < -0.3 is 10.4 Å². The van der Waals surface area contributed by atoms with Gasteiger partial charge in [-0.25, -0.2) is 17.9 Å². The molecule has 0 heterocycles. The van der Waals surface area contributed by atoms with Gasteiger partial charge in [0.2, 0.25) is 15.9 Å². The number of carbonyl (C=O) groups is 2. The van der Waals surface area contributed by atoms with E-state index in [1.807, 2.05) is 0 Å². The van der Waals surface area contributed by atoms with Crippen LogP contribution in [0.1, 0.15) is 31.1 Å². The molecule has 21 heavy (non-hydrogen) atoms. The average Bonchev–Trinajstić information content (AvgIpc) is 2.34. The van der Waals surface area contributed by atoms with Crippen molar-refractivity contribution in [1.29, 1.82) is 0 Å². The Bertz CT molecular complexity index is 630. The van der Waals surface area contributed by atoms with Crippen molar-refractivity contribution in [3.05, 3.63) is 29.8 Å². The summed E-state index contributed by atoms with van der Waals surface area (Å²) in [5.74, 6) is -1.59. The summed E-state index contributed by atoms with van der Waals surface area (Å²) in [7, 11) is -3.86. The first kappa shape index (κ1) is 17.1. The number of carboxylic acids is 1. The molecule has 0 aliphatic rings. The van der Waals surface area contributed by atoms with Crippen LogP contribution in [0.3, 0.4) is 0 Å². The lowest BCUT2D eigenvalue weighted by atomic mass is 10.1. The SMILES string of the molecule is CC(C)(C)NC(=O)CNS(=O)(=O)c1ccc(C(=O)O)cc1. The molecule has 1 aromatic rings. The van der Waals surface area contributed by atoms with E-state index in [0.29, 0.717) is 0 Å². The van der Waals surface area contributed by atoms with Crippen LogP contribution in [0.25, 0.3) is 0 Å². The molecule has 1 rings (SSSR count). The quantitative estimate of drug-likeness (QED) is 0.736. The van der Waals surface area contributed by atoms with E-state index in [1.165, 1.54) is 24.3 Å². The van der Waals surface area contributed by atoms with Crippen molar-refractivity contribution in [2.24, 2.45) is 0 Å². The molecule has 0 saturated heterocycles. The summed E-state index contributed by atoms with van der Waals surface area (Å²) in [6.07, 6.45) is 0. The highest BCUT2D eigenvalue weighted by Gasteiger charge is 2.18. The molecule has 0 saturated carbocycles. The second kappa shape index (κ2) is 6.23. The normalized spacial score (nSPS) is 12.0. The molecule has 7 nitrogen and oxygen atoms in total. The minimum Gasteiger partial charge on any atom is -0.478 e. The summed E-state index contributed by atoms with van der Waals surface area (Å²) in [5, 5.41) is 11.4. The minimum atomic E-state index is -3.86. The predicted octanol–water partition coefficient (Wildman–Crippen LogP) is 0.578. The highest BCUT2D eigenvalue weighted by atomic mass is 32.2. The van der Waals surface area contributed by atoms with Crippen LogP contribution >= 0.6 is 0 Å². The number of benzene rings is 1. The van der Waals surface area contributed by atoms with Crippen molar-refractivity contribution < 1.29 is 23.1 Å². The molecular formula is C13H18N2O5S. The van der Waals surface area contributed by atoms with E-state index in [-0.39, 0.29) is 17.0 Å². The highest BCUT2D eigenvalue weighted by Crippen LogP contribution is 2.10. The molecule has 0 bridgehead atoms. The first-order chi connectivity index (χ1) is 9.51. The van der Waals surface area contributed by atoms with Gasteiger partial charge in [-0.3, -0.25) is 4.79 Å². The summed E-state index contributed by atoms with van der Waals surface area (Å²) < 4.78 is 26.0. The lowest BCUT2D eigenvalue weighted by Crippen LogP contribution is -2.45. The van der Waals surface area contributed by atoms with Gasteiger partial charge in [0.15, 0.2) is 0 Å². The Hall–Kier alpha value is -1.93. The number of hydrogen-bond donors (Lipinski definition) is 3. The fourth-order valence-electron chi connectivity index (χ4n) is 1.48. The van der Waals surface area contributed by atoms with Gasteiger partial charge in [0.25, 0.3) is 0 Å². The number of nitrogens with one attached hydrogen (secondary N) is 2. The van der Waals surface area contributed by atoms with E-state index in [1.54, 1.807) is 20.8 Å². The maximum atomic E-state index is 11.9. The topological polar surface area (TPSA) is 113 Å². The number of carboxylic acid groups (broad SMARTS) is 1. The fourth-order valence-corrected chi connectivity index (χ4v) is 2.47. The molecule has 1 aromatic carbocycles. The molecule has 0 atom stereocenters. The van der Waals surface area contributed by atoms with Crippen molar-refractivity contribution in [1.82, 2.24) is 10.0 Å². The monoisotopic (exact) mass is 314 g/mol. The van der Waals surface area contributed by atoms with Crippen LogP contribution < -0.4 is 10.0 Å². The van der Waals surface area contributed by atoms with E-state index >= 15 is 0 Å². The third-order valence-corrected chi connectivity index (χ3v) is 3.77. The third-order valence-electron chi connectivity index (χ3n) is 2.35. The number of amides is 1. The van der Waals surface area contributed by atoms with E-state index in [9.17, 15) is 18.0 Å². The standard InChI is InChI=1S/C13H18N2O5S/c1-13(2,3)15-11(16)8-14-21(19,20)10-6-4-9(5-7-10)12(17)18/h4-7,14H,8H2,1-3H3,(H,15,16)(H,17,18). The molecule has 0 unspecified atom stereocenters. The fraction of sp³-hybridized carbons (Fsp3) is 0.385. The van der Waals surface area contributed by atoms with Crippen molar-refractivity contribution in [2.75, 3.05) is 6.54 Å². The second-order valence-electron chi connectivity index (χ2n) is 5.45. The van der Waals surface area contributed by atoms with E-state index in [4.69, 9.17) is 5.11 Å². The van der Waals surface area contributed by atoms with Gasteiger partial charge in [0, 0.05) is 5.54 Å². The Labute approximate surface area is 123 Å². The Morgan fingerprint density at radius 1 is 1.14 bits per heavy atom. The molecule has 0 spiro atoms. The van der Waals surface area contributed by atoms with Crippen LogP contribution in [0.4, 0.5) is 0 Å². The average molecular weight is 314 g/mol. The molecule has 3 N–H and O–H groups in total. The number of sulfonamides is 1. The second-order valence-corrected chi connectivity index (χ2v) is 7.22. The van der Waals surface area contributed by atoms with E-state index < -0.39 is 27.4 Å². The Balaban J connectivity index is 2.74. The van der Waals surface area contributed by atoms with Crippen LogP contribution in [-0.4, -0.2) is 37.5 Å². The molecule has 1 amide bonds. The third kappa shape index (κ3) is 5.52. The first-order valence-corrected chi connectivity index (χ1v) is 7.64. The zero-order valence-electron chi connectivity index (χ0n) is 12.0. The lowest BCUT2D eigenvalue weighted by molar-refractivity contribution is -0.121. The molecule has 0 aromatic heterocycles. The van der Waals surface area contributed by atoms with Crippen LogP contribution in [0.2, 0.25) is 0 Å². The predicted molar refractivity (Wildman–Crippen MR) is 76.5 cm³/mol. The summed E-state index contributed by atoms with van der Waals surface area (Å²) >= 11 is 0. The lowest BCUT2D eigenvalue weighted by Gasteiger charge is -2.20. The Kier molecular flexibility index (Phi) is 5.08. The molecular weight excluding hydrogens is 296 g/mol. The summed E-state index contributed by atoms with van der Waals surface area (Å²) in [4.78, 5) is 22.2. The van der Waals surface area contributed by atoms with Crippen LogP contribution in [-0.2, 0) is 14.8 Å². The van der Waals surface area contributed by atoms with Crippen LogP contribution in [0, 0.1) is 0 Å². The van der Waals surface area contributed by atoms with Gasteiger partial charge in [-0.2, -0.15) is 0 Å². The Morgan fingerprint density at radius 2 is 1.67 bits per heavy atom. The molecule has 0 radical (unpaired) electrons. The van der Waals surface area contributed by atoms with E-state index in [0.717, 1.165) is 0 Å². The number of rotatable bonds is 5. The summed E-state index contributed by atoms with van der Waals surface area (Å²) in [6, 6.07) is 4.72. The maximum Gasteiger partial charge on any atom is 0.335 e. The summed E-state index contributed by atoms with van der Waals surface area (Å²) in [6.45, 7) is 4.96. The summed E-state index contributed by atoms with van der Waals surface area (Å²) in [5.41, 5.74) is -0.467. The highest BCUT2D eigenvalue weighted by molar-refractivity contribution is 7.89. The van der Waals surface area contributed by atoms with Crippen molar-refractivity contribution >= 4 is 21.9 Å². The Morgan fingerprint density at radius 3 is 2.10 bits per heavy atom. The van der Waals surface area contributed by atoms with Gasteiger partial charge in [0.1, 0.15) is 0 Å². The van der Waals surface area contributed by atoms with Crippen molar-refractivity contribution in [2.45, 2.75) is 31.2 Å². The first-order valence-electron chi connectivity index (χ1n) is 6.15. The number of carbonyl (C=O) groups excluding carboxylic acids is 1. The smallest absolute Gasteiger partial charge is 0.335 e. The largest absolute Gasteiger partial charge is 0.478 e. The van der Waals surface area contributed by atoms with Crippen molar-refractivity contribution in [3.63, 3.8) is 0 Å². The molecule has 116 valence electrons. The van der Waals surface area contributed by atoms with Gasteiger partial charge in [-0.15, -0.1) is 0 Å². The zero-order valence-corrected chi connectivity index (χ0v) is 12.8. The van der Waals surface area contributed by atoms with Crippen molar-refractivity contribution in [3.8, 4) is 0 Å². The maximum absolute atomic E-state index is 11.9. The molecule has 0 aliphatic carbocycles. The minimum absolute atomic E-state index is 0.0144. The van der Waals surface area contributed by atoms with Gasteiger partial charge in [-0.05, 0) is 45.0 Å². The number of hydrogen-bond acceptors (Lipinski definition) is 4. The zero-order chi connectivity index (χ0) is 16.3. The van der Waals surface area contributed by atoms with Gasteiger partial charge >= 0.3 is 5.97 Å². The van der Waals surface area contributed by atoms with Crippen LogP contribution in [0.15, 0.2) is 29.2 Å². The molecule has 8 heteroatoms. The van der Waals surface area contributed by atoms with Crippen LogP contribution in [0.5, 0.6) is 0 Å². The number of aromatic carboxylic acids is 1. The molecule has 0 fully saturated rings. The molecule has 0 aliphatic heterocycles. The van der Waals surface area contributed by atoms with Gasteiger partial charge in [0.05, 0.1) is 17.0 Å². The van der Waals surface area contributed by atoms with E-state index in [2.05, 4.69) is 10.0 Å². The van der Waals surface area contributed by atoms with Gasteiger partial charge in [-0.1, -0.05) is 0 Å².